The average molecular weight is 236 g/mol. The number of halogens is 2. The summed E-state index contributed by atoms with van der Waals surface area (Å²) in [6.45, 7) is 0. The summed E-state index contributed by atoms with van der Waals surface area (Å²) in [5.41, 5.74) is 0.387. The summed E-state index contributed by atoms with van der Waals surface area (Å²) >= 11 is 5.15. The molecular formula is C8H7Cl2NO3. The molecule has 0 unspecified atom stereocenters. The minimum atomic E-state index is -0.656. The quantitative estimate of drug-likeness (QED) is 0.578. The lowest BCUT2D eigenvalue weighted by atomic mass is 10.2. The van der Waals surface area contributed by atoms with Crippen molar-refractivity contribution >= 4 is 35.2 Å². The van der Waals surface area contributed by atoms with Gasteiger partial charge in [0, 0.05) is 6.20 Å². The number of nitrogens with zero attached hydrogens (tertiary/aromatic N) is 1. The Balaban J connectivity index is 0.00000169. The molecule has 0 aliphatic rings. The summed E-state index contributed by atoms with van der Waals surface area (Å²) in [7, 11) is 1.27. The number of hydrogen-bond acceptors (Lipinski definition) is 4. The maximum atomic E-state index is 10.9. The van der Waals surface area contributed by atoms with Gasteiger partial charge in [0.05, 0.1) is 12.7 Å². The van der Waals surface area contributed by atoms with E-state index in [1.54, 1.807) is 0 Å². The highest BCUT2D eigenvalue weighted by atomic mass is 35.5. The zero-order chi connectivity index (χ0) is 9.84. The van der Waals surface area contributed by atoms with Crippen molar-refractivity contribution in [1.29, 1.82) is 0 Å². The Labute approximate surface area is 91.6 Å². The maximum absolute atomic E-state index is 10.9. The van der Waals surface area contributed by atoms with E-state index in [1.165, 1.54) is 25.4 Å². The highest BCUT2D eigenvalue weighted by Gasteiger charge is 2.07. The molecule has 1 aromatic heterocycles. The molecule has 0 saturated heterocycles. The smallest absolute Gasteiger partial charge is 0.339 e. The van der Waals surface area contributed by atoms with Crippen LogP contribution in [0.5, 0.6) is 0 Å². The fraction of sp³-hybridized carbons (Fsp3) is 0.125. The third-order valence-corrected chi connectivity index (χ3v) is 1.58. The largest absolute Gasteiger partial charge is 0.465 e. The number of hydrogen-bond donors (Lipinski definition) is 0. The monoisotopic (exact) mass is 235 g/mol. The number of pyridine rings is 1. The number of ether oxygens (including phenoxy) is 1. The first-order valence-corrected chi connectivity index (χ1v) is 3.77. The van der Waals surface area contributed by atoms with Gasteiger partial charge in [-0.15, -0.1) is 12.4 Å². The first-order valence-electron chi connectivity index (χ1n) is 3.39. The Kier molecular flexibility index (Phi) is 5.12. The first-order chi connectivity index (χ1) is 6.15. The molecule has 0 spiro atoms. The van der Waals surface area contributed by atoms with Crippen LogP contribution in [-0.2, 0) is 4.74 Å². The fourth-order valence-electron chi connectivity index (χ4n) is 0.749. The van der Waals surface area contributed by atoms with Crippen LogP contribution >= 0.6 is 24.0 Å². The van der Waals surface area contributed by atoms with E-state index >= 15 is 0 Å². The van der Waals surface area contributed by atoms with Crippen LogP contribution in [0.2, 0.25) is 0 Å². The molecule has 0 aromatic carbocycles. The van der Waals surface area contributed by atoms with Crippen molar-refractivity contribution in [1.82, 2.24) is 4.98 Å². The van der Waals surface area contributed by atoms with Crippen LogP contribution in [0.1, 0.15) is 20.8 Å². The molecule has 0 fully saturated rings. The van der Waals surface area contributed by atoms with E-state index in [0.717, 1.165) is 0 Å². The standard InChI is InChI=1S/C8H6ClNO3.ClH/c1-13-8(12)5-2-3-6(7(9)11)10-4-5;/h2-4H,1H3;1H. The van der Waals surface area contributed by atoms with E-state index in [9.17, 15) is 9.59 Å². The molecule has 0 N–H and O–H groups in total. The molecule has 6 heteroatoms. The lowest BCUT2D eigenvalue weighted by molar-refractivity contribution is 0.0600. The van der Waals surface area contributed by atoms with E-state index in [1.807, 2.05) is 0 Å². The van der Waals surface area contributed by atoms with Crippen LogP contribution in [0.3, 0.4) is 0 Å². The van der Waals surface area contributed by atoms with Gasteiger partial charge in [-0.05, 0) is 23.7 Å². The van der Waals surface area contributed by atoms with Crippen molar-refractivity contribution in [2.75, 3.05) is 7.11 Å². The molecule has 0 amide bonds. The normalized spacial score (nSPS) is 8.71. The second-order valence-corrected chi connectivity index (χ2v) is 2.54. The first kappa shape index (κ1) is 12.9. The maximum Gasteiger partial charge on any atom is 0.339 e. The predicted octanol–water partition coefficient (Wildman–Crippen LogP) is 1.67. The highest BCUT2D eigenvalue weighted by molar-refractivity contribution is 6.67. The van der Waals surface area contributed by atoms with Gasteiger partial charge in [0.25, 0.3) is 5.24 Å². The molecule has 0 aliphatic heterocycles. The van der Waals surface area contributed by atoms with Crippen molar-refractivity contribution in [3.05, 3.63) is 29.6 Å². The van der Waals surface area contributed by atoms with Crippen molar-refractivity contribution in [2.45, 2.75) is 0 Å². The van der Waals surface area contributed by atoms with Crippen LogP contribution in [0.15, 0.2) is 18.3 Å². The second-order valence-electron chi connectivity index (χ2n) is 2.20. The SMILES string of the molecule is COC(=O)c1ccc(C(=O)Cl)nc1.Cl. The van der Waals surface area contributed by atoms with Crippen LogP contribution < -0.4 is 0 Å². The van der Waals surface area contributed by atoms with E-state index in [4.69, 9.17) is 11.6 Å². The molecule has 0 radical (unpaired) electrons. The summed E-state index contributed by atoms with van der Waals surface area (Å²) in [6.07, 6.45) is 1.24. The Bertz CT molecular complexity index is 337. The predicted molar refractivity (Wildman–Crippen MR) is 53.0 cm³/mol. The fourth-order valence-corrected chi connectivity index (χ4v) is 0.861. The van der Waals surface area contributed by atoms with Crippen LogP contribution in [0, 0.1) is 0 Å². The van der Waals surface area contributed by atoms with Gasteiger partial charge in [0.1, 0.15) is 5.69 Å². The van der Waals surface area contributed by atoms with Gasteiger partial charge in [-0.2, -0.15) is 0 Å². The Morgan fingerprint density at radius 1 is 1.43 bits per heavy atom. The van der Waals surface area contributed by atoms with Gasteiger partial charge >= 0.3 is 5.97 Å². The van der Waals surface area contributed by atoms with Gasteiger partial charge in [-0.1, -0.05) is 0 Å². The van der Waals surface area contributed by atoms with Crippen molar-refractivity contribution < 1.29 is 14.3 Å². The van der Waals surface area contributed by atoms with Gasteiger partial charge < -0.3 is 4.74 Å². The molecule has 0 bridgehead atoms. The number of methoxy groups -OCH3 is 1. The Morgan fingerprint density at radius 3 is 2.43 bits per heavy atom. The molecule has 0 atom stereocenters. The summed E-state index contributed by atoms with van der Waals surface area (Å²) < 4.78 is 4.44. The van der Waals surface area contributed by atoms with Gasteiger partial charge in [0.15, 0.2) is 0 Å². The average Bonchev–Trinajstić information content (AvgIpc) is 2.17. The minimum Gasteiger partial charge on any atom is -0.465 e. The summed E-state index contributed by atoms with van der Waals surface area (Å²) in [6, 6.07) is 2.79. The summed E-state index contributed by atoms with van der Waals surface area (Å²) in [4.78, 5) is 25.2. The molecule has 1 aromatic rings. The van der Waals surface area contributed by atoms with Crippen molar-refractivity contribution in [3.63, 3.8) is 0 Å². The number of carbonyl (C=O) groups excluding carboxylic acids is 2. The highest BCUT2D eigenvalue weighted by Crippen LogP contribution is 2.03. The molecule has 4 nitrogen and oxygen atoms in total. The molecule has 76 valence electrons. The zero-order valence-electron chi connectivity index (χ0n) is 7.19. The van der Waals surface area contributed by atoms with Gasteiger partial charge in [-0.25, -0.2) is 4.79 Å². The molecular weight excluding hydrogens is 229 g/mol. The molecule has 1 rings (SSSR count). The van der Waals surface area contributed by atoms with Gasteiger partial charge in [-0.3, -0.25) is 9.78 Å². The summed E-state index contributed by atoms with van der Waals surface area (Å²) in [5.74, 6) is -0.499. The van der Waals surface area contributed by atoms with E-state index < -0.39 is 11.2 Å². The molecule has 0 saturated carbocycles. The minimum absolute atomic E-state index is 0. The van der Waals surface area contributed by atoms with E-state index in [-0.39, 0.29) is 23.7 Å². The third-order valence-electron chi connectivity index (χ3n) is 1.39. The van der Waals surface area contributed by atoms with Crippen LogP contribution in [-0.4, -0.2) is 23.3 Å². The van der Waals surface area contributed by atoms with Crippen LogP contribution in [0.4, 0.5) is 0 Å². The Hall–Kier alpha value is -1.13. The Morgan fingerprint density at radius 2 is 2.07 bits per heavy atom. The second kappa shape index (κ2) is 5.57. The molecule has 1 heterocycles. The number of aromatic nitrogens is 1. The van der Waals surface area contributed by atoms with Crippen molar-refractivity contribution in [3.8, 4) is 0 Å². The van der Waals surface area contributed by atoms with Crippen molar-refractivity contribution in [2.24, 2.45) is 0 Å². The molecule has 14 heavy (non-hydrogen) atoms. The zero-order valence-corrected chi connectivity index (χ0v) is 8.76. The number of carbonyl (C=O) groups is 2. The lowest BCUT2D eigenvalue weighted by Crippen LogP contribution is -2.03. The molecule has 0 aliphatic carbocycles. The topological polar surface area (TPSA) is 56.3 Å². The number of rotatable bonds is 2. The van der Waals surface area contributed by atoms with Crippen LogP contribution in [0.25, 0.3) is 0 Å². The number of esters is 1. The van der Waals surface area contributed by atoms with E-state index in [2.05, 4.69) is 9.72 Å². The third kappa shape index (κ3) is 2.97. The lowest BCUT2D eigenvalue weighted by Gasteiger charge is -1.97. The van der Waals surface area contributed by atoms with Gasteiger partial charge in [0.2, 0.25) is 0 Å². The van der Waals surface area contributed by atoms with E-state index in [0.29, 0.717) is 0 Å². The summed E-state index contributed by atoms with van der Waals surface area (Å²) in [5, 5.41) is -0.656.